The molecule has 0 bridgehead atoms. The predicted molar refractivity (Wildman–Crippen MR) is 87.2 cm³/mol. The van der Waals surface area contributed by atoms with Crippen LogP contribution in [0.5, 0.6) is 0 Å². The molecule has 3 atom stereocenters. The van der Waals surface area contributed by atoms with Crippen molar-refractivity contribution in [3.05, 3.63) is 33.8 Å². The van der Waals surface area contributed by atoms with Crippen LogP contribution in [0.4, 0.5) is 0 Å². The topological polar surface area (TPSA) is 64.4 Å². The summed E-state index contributed by atoms with van der Waals surface area (Å²) >= 11 is 12.1. The lowest BCUT2D eigenvalue weighted by atomic mass is 10.1. The van der Waals surface area contributed by atoms with Crippen molar-refractivity contribution in [3.63, 3.8) is 0 Å². The summed E-state index contributed by atoms with van der Waals surface area (Å²) in [7, 11) is 0. The van der Waals surface area contributed by atoms with E-state index in [1.807, 2.05) is 6.92 Å². The van der Waals surface area contributed by atoms with Crippen LogP contribution in [0.2, 0.25) is 10.0 Å². The molecule has 1 unspecified atom stereocenters. The largest absolute Gasteiger partial charge is 0.364 e. The molecule has 1 aromatic rings. The standard InChI is InChI=1S/C14H18Cl2N2O2.ClH/c1-8(11-6-9(15)2-4-12(11)16)18-14(19)13-5-3-10(7-17)20-13;/h2,4,6,8,10,13H,3,5,7,17H2,1H3,(H,18,19);1H/t8?,10-,13+;/m1./s1. The Hall–Kier alpha value is -0.520. The van der Waals surface area contributed by atoms with Crippen molar-refractivity contribution in [1.82, 2.24) is 5.32 Å². The molecule has 1 aliphatic heterocycles. The summed E-state index contributed by atoms with van der Waals surface area (Å²) in [4.78, 5) is 12.1. The lowest BCUT2D eigenvalue weighted by Gasteiger charge is -2.19. The van der Waals surface area contributed by atoms with Gasteiger partial charge >= 0.3 is 0 Å². The molecule has 1 saturated heterocycles. The van der Waals surface area contributed by atoms with E-state index in [1.165, 1.54) is 0 Å². The van der Waals surface area contributed by atoms with Gasteiger partial charge in [-0.2, -0.15) is 0 Å². The number of carbonyl (C=O) groups is 1. The molecule has 4 nitrogen and oxygen atoms in total. The average Bonchev–Trinajstić information content (AvgIpc) is 2.90. The van der Waals surface area contributed by atoms with Crippen LogP contribution in [0.1, 0.15) is 31.4 Å². The third-order valence-corrected chi connectivity index (χ3v) is 4.03. The molecule has 1 heterocycles. The molecule has 1 aliphatic rings. The summed E-state index contributed by atoms with van der Waals surface area (Å²) in [6, 6.07) is 4.97. The van der Waals surface area contributed by atoms with Gasteiger partial charge in [-0.3, -0.25) is 4.79 Å². The number of ether oxygens (including phenoxy) is 1. The molecule has 0 spiro atoms. The maximum atomic E-state index is 12.1. The first kappa shape index (κ1) is 18.5. The Labute approximate surface area is 140 Å². The Morgan fingerprint density at radius 1 is 1.48 bits per heavy atom. The van der Waals surface area contributed by atoms with E-state index < -0.39 is 6.10 Å². The first-order valence-corrected chi connectivity index (χ1v) is 7.37. The summed E-state index contributed by atoms with van der Waals surface area (Å²) in [6.45, 7) is 2.31. The molecule has 1 amide bonds. The van der Waals surface area contributed by atoms with Gasteiger partial charge in [-0.25, -0.2) is 0 Å². The Morgan fingerprint density at radius 3 is 2.81 bits per heavy atom. The average molecular weight is 354 g/mol. The molecular weight excluding hydrogens is 335 g/mol. The third-order valence-electron chi connectivity index (χ3n) is 3.45. The van der Waals surface area contributed by atoms with Crippen LogP contribution in [0.25, 0.3) is 0 Å². The first-order valence-electron chi connectivity index (χ1n) is 6.62. The lowest BCUT2D eigenvalue weighted by Crippen LogP contribution is -2.37. The fraction of sp³-hybridized carbons (Fsp3) is 0.500. The third kappa shape index (κ3) is 4.73. The summed E-state index contributed by atoms with van der Waals surface area (Å²) < 4.78 is 5.57. The predicted octanol–water partition coefficient (Wildman–Crippen LogP) is 3.10. The van der Waals surface area contributed by atoms with Gasteiger partial charge in [0.15, 0.2) is 0 Å². The van der Waals surface area contributed by atoms with E-state index >= 15 is 0 Å². The molecule has 3 N–H and O–H groups in total. The highest BCUT2D eigenvalue weighted by Gasteiger charge is 2.30. The Kier molecular flexibility index (Phi) is 7.24. The Balaban J connectivity index is 0.00000220. The highest BCUT2D eigenvalue weighted by Crippen LogP contribution is 2.27. The van der Waals surface area contributed by atoms with Crippen LogP contribution in [-0.4, -0.2) is 24.7 Å². The molecule has 1 aromatic carbocycles. The number of halogens is 3. The van der Waals surface area contributed by atoms with Gasteiger partial charge in [0, 0.05) is 16.6 Å². The number of rotatable bonds is 4. The summed E-state index contributed by atoms with van der Waals surface area (Å²) in [5.74, 6) is -0.135. The fourth-order valence-electron chi connectivity index (χ4n) is 2.30. The Morgan fingerprint density at radius 2 is 2.19 bits per heavy atom. The lowest BCUT2D eigenvalue weighted by molar-refractivity contribution is -0.132. The van der Waals surface area contributed by atoms with E-state index in [0.717, 1.165) is 12.0 Å². The van der Waals surface area contributed by atoms with Crippen LogP contribution < -0.4 is 11.1 Å². The molecule has 0 aromatic heterocycles. The second kappa shape index (κ2) is 8.20. The van der Waals surface area contributed by atoms with E-state index in [-0.39, 0.29) is 30.5 Å². The van der Waals surface area contributed by atoms with Gasteiger partial charge in [0.25, 0.3) is 0 Å². The molecule has 2 rings (SSSR count). The zero-order chi connectivity index (χ0) is 14.7. The molecule has 0 aliphatic carbocycles. The van der Waals surface area contributed by atoms with Crippen molar-refractivity contribution in [2.24, 2.45) is 5.73 Å². The van der Waals surface area contributed by atoms with E-state index in [1.54, 1.807) is 18.2 Å². The minimum Gasteiger partial charge on any atom is -0.364 e. The first-order chi connectivity index (χ1) is 9.51. The van der Waals surface area contributed by atoms with Crippen molar-refractivity contribution in [2.45, 2.75) is 38.0 Å². The van der Waals surface area contributed by atoms with E-state index in [0.29, 0.717) is 23.0 Å². The van der Waals surface area contributed by atoms with Crippen molar-refractivity contribution in [2.75, 3.05) is 6.54 Å². The van der Waals surface area contributed by atoms with Gasteiger partial charge in [0.05, 0.1) is 12.1 Å². The van der Waals surface area contributed by atoms with Gasteiger partial charge in [0.2, 0.25) is 5.91 Å². The van der Waals surface area contributed by atoms with Crippen LogP contribution in [-0.2, 0) is 9.53 Å². The van der Waals surface area contributed by atoms with Crippen LogP contribution in [0, 0.1) is 0 Å². The minimum atomic E-state index is -0.427. The molecular formula is C14H19Cl3N2O2. The van der Waals surface area contributed by atoms with Gasteiger partial charge in [-0.15, -0.1) is 12.4 Å². The molecule has 118 valence electrons. The summed E-state index contributed by atoms with van der Waals surface area (Å²) in [5.41, 5.74) is 6.33. The maximum Gasteiger partial charge on any atom is 0.249 e. The number of nitrogens with one attached hydrogen (secondary N) is 1. The molecule has 0 saturated carbocycles. The van der Waals surface area contributed by atoms with Gasteiger partial charge in [-0.1, -0.05) is 23.2 Å². The number of nitrogens with two attached hydrogens (primary N) is 1. The molecule has 21 heavy (non-hydrogen) atoms. The molecule has 7 heteroatoms. The van der Waals surface area contributed by atoms with Gasteiger partial charge < -0.3 is 15.8 Å². The van der Waals surface area contributed by atoms with Crippen LogP contribution >= 0.6 is 35.6 Å². The minimum absolute atomic E-state index is 0. The summed E-state index contributed by atoms with van der Waals surface area (Å²) in [6.07, 6.45) is 1.07. The highest BCUT2D eigenvalue weighted by atomic mass is 35.5. The zero-order valence-electron chi connectivity index (χ0n) is 11.6. The zero-order valence-corrected chi connectivity index (χ0v) is 14.0. The smallest absolute Gasteiger partial charge is 0.249 e. The van der Waals surface area contributed by atoms with Crippen LogP contribution in [0.3, 0.4) is 0 Å². The van der Waals surface area contributed by atoms with Crippen molar-refractivity contribution in [3.8, 4) is 0 Å². The quantitative estimate of drug-likeness (QED) is 0.874. The van der Waals surface area contributed by atoms with Crippen molar-refractivity contribution >= 4 is 41.5 Å². The SMILES string of the molecule is CC(NC(=O)[C@@H]1CC[C@H](CN)O1)c1cc(Cl)ccc1Cl.Cl. The van der Waals surface area contributed by atoms with Crippen LogP contribution in [0.15, 0.2) is 18.2 Å². The van der Waals surface area contributed by atoms with Gasteiger partial charge in [0.1, 0.15) is 6.10 Å². The number of carbonyl (C=O) groups excluding carboxylic acids is 1. The van der Waals surface area contributed by atoms with E-state index in [2.05, 4.69) is 5.32 Å². The second-order valence-electron chi connectivity index (χ2n) is 4.96. The molecule has 1 fully saturated rings. The van der Waals surface area contributed by atoms with E-state index in [4.69, 9.17) is 33.7 Å². The van der Waals surface area contributed by atoms with Crippen molar-refractivity contribution in [1.29, 1.82) is 0 Å². The number of hydrogen-bond acceptors (Lipinski definition) is 3. The van der Waals surface area contributed by atoms with Crippen molar-refractivity contribution < 1.29 is 9.53 Å². The maximum absolute atomic E-state index is 12.1. The molecule has 0 radical (unpaired) electrons. The highest BCUT2D eigenvalue weighted by molar-refractivity contribution is 6.33. The fourth-order valence-corrected chi connectivity index (χ4v) is 2.76. The van der Waals surface area contributed by atoms with E-state index in [9.17, 15) is 4.79 Å². The normalized spacial score (nSPS) is 22.5. The summed E-state index contributed by atoms with van der Waals surface area (Å²) in [5, 5.41) is 4.07. The van der Waals surface area contributed by atoms with Gasteiger partial charge in [-0.05, 0) is 43.5 Å². The number of benzene rings is 1. The second-order valence-corrected chi connectivity index (χ2v) is 5.80. The number of amides is 1. The Bertz CT molecular complexity index is 499. The monoisotopic (exact) mass is 352 g/mol. The number of hydrogen-bond donors (Lipinski definition) is 2.